The summed E-state index contributed by atoms with van der Waals surface area (Å²) in [4.78, 5) is 14.6. The maximum atomic E-state index is 12.5. The van der Waals surface area contributed by atoms with E-state index in [1.54, 1.807) is 12.1 Å². The van der Waals surface area contributed by atoms with Crippen LogP contribution in [0, 0.1) is 0 Å². The number of urea groups is 1. The molecule has 0 spiro atoms. The molecule has 1 heterocycles. The molecule has 3 aromatic rings. The second-order valence-electron chi connectivity index (χ2n) is 5.32. The van der Waals surface area contributed by atoms with E-state index in [2.05, 4.69) is 15.6 Å². The molecule has 136 valence electrons. The second-order valence-corrected chi connectivity index (χ2v) is 6.23. The Hall–Kier alpha value is -2.85. The standard InChI is InChI=1S/C16H12F3N3O3S/c17-16(18,19)10-2-5-11(6-3-10)20-15(23)21-12-4-1-9-7-14(26(24)25)22-13(9)8-12/h1-8,22H,(H,24,25)(H2,20,21,23)/p-1. The molecule has 6 nitrogen and oxygen atoms in total. The first kappa shape index (κ1) is 18.0. The van der Waals surface area contributed by atoms with Crippen LogP contribution in [-0.2, 0) is 17.3 Å². The lowest BCUT2D eigenvalue weighted by Crippen LogP contribution is -2.19. The summed E-state index contributed by atoms with van der Waals surface area (Å²) in [5.41, 5.74) is 0.274. The van der Waals surface area contributed by atoms with Crippen molar-refractivity contribution >= 4 is 39.4 Å². The number of H-pyrrole nitrogens is 1. The van der Waals surface area contributed by atoms with Crippen LogP contribution in [0.3, 0.4) is 0 Å². The molecule has 2 amide bonds. The van der Waals surface area contributed by atoms with Crippen LogP contribution in [0.1, 0.15) is 5.56 Å². The fraction of sp³-hybridized carbons (Fsp3) is 0.0625. The lowest BCUT2D eigenvalue weighted by atomic mass is 10.2. The number of anilines is 2. The van der Waals surface area contributed by atoms with Gasteiger partial charge in [-0.25, -0.2) is 4.79 Å². The summed E-state index contributed by atoms with van der Waals surface area (Å²) in [7, 11) is 0. The minimum Gasteiger partial charge on any atom is -0.767 e. The summed E-state index contributed by atoms with van der Waals surface area (Å²) >= 11 is -2.40. The van der Waals surface area contributed by atoms with E-state index in [0.29, 0.717) is 16.6 Å². The third kappa shape index (κ3) is 4.03. The van der Waals surface area contributed by atoms with Crippen molar-refractivity contribution in [2.45, 2.75) is 11.2 Å². The second kappa shape index (κ2) is 6.81. The molecule has 0 aliphatic carbocycles. The van der Waals surface area contributed by atoms with Gasteiger partial charge in [0.1, 0.15) is 0 Å². The number of amides is 2. The van der Waals surface area contributed by atoms with Gasteiger partial charge in [-0.05, 0) is 53.5 Å². The third-order valence-electron chi connectivity index (χ3n) is 3.51. The molecule has 26 heavy (non-hydrogen) atoms. The smallest absolute Gasteiger partial charge is 0.416 e. The molecular formula is C16H11F3N3O3S-. The number of aromatic nitrogens is 1. The van der Waals surface area contributed by atoms with Gasteiger partial charge >= 0.3 is 12.2 Å². The molecule has 3 N–H and O–H groups in total. The SMILES string of the molecule is O=C(Nc1ccc(C(F)(F)F)cc1)Nc1ccc2cc(S(=O)[O-])[nH]c2c1. The monoisotopic (exact) mass is 382 g/mol. The number of nitrogens with one attached hydrogen (secondary N) is 3. The number of benzene rings is 2. The van der Waals surface area contributed by atoms with Crippen LogP contribution in [-0.4, -0.2) is 19.8 Å². The van der Waals surface area contributed by atoms with E-state index in [1.807, 2.05) is 0 Å². The number of fused-ring (bicyclic) bond motifs is 1. The maximum absolute atomic E-state index is 12.5. The Kier molecular flexibility index (Phi) is 4.70. The van der Waals surface area contributed by atoms with Gasteiger partial charge in [0.15, 0.2) is 0 Å². The predicted molar refractivity (Wildman–Crippen MR) is 89.6 cm³/mol. The molecular weight excluding hydrogens is 371 g/mol. The number of alkyl halides is 3. The van der Waals surface area contributed by atoms with Crippen molar-refractivity contribution in [2.24, 2.45) is 0 Å². The van der Waals surface area contributed by atoms with E-state index in [9.17, 15) is 26.7 Å². The van der Waals surface area contributed by atoms with Crippen LogP contribution < -0.4 is 10.6 Å². The number of carbonyl (C=O) groups is 1. The first-order chi connectivity index (χ1) is 12.2. The molecule has 0 saturated heterocycles. The van der Waals surface area contributed by atoms with Crippen molar-refractivity contribution in [3.63, 3.8) is 0 Å². The number of hydrogen-bond acceptors (Lipinski definition) is 3. The predicted octanol–water partition coefficient (Wildman–Crippen LogP) is 4.07. The van der Waals surface area contributed by atoms with Gasteiger partial charge in [-0.2, -0.15) is 13.2 Å². The van der Waals surface area contributed by atoms with E-state index in [4.69, 9.17) is 0 Å². The molecule has 1 unspecified atom stereocenters. The van der Waals surface area contributed by atoms with Gasteiger partial charge in [-0.3, -0.25) is 4.21 Å². The van der Waals surface area contributed by atoms with Crippen molar-refractivity contribution in [1.29, 1.82) is 0 Å². The Bertz CT molecular complexity index is 984. The first-order valence-electron chi connectivity index (χ1n) is 7.20. The van der Waals surface area contributed by atoms with Crippen molar-refractivity contribution < 1.29 is 26.7 Å². The molecule has 0 aliphatic heterocycles. The molecule has 0 radical (unpaired) electrons. The fourth-order valence-corrected chi connectivity index (χ4v) is 2.72. The molecule has 0 saturated carbocycles. The Labute approximate surface area is 147 Å². The Morgan fingerprint density at radius 3 is 2.23 bits per heavy atom. The van der Waals surface area contributed by atoms with Crippen molar-refractivity contribution in [2.75, 3.05) is 10.6 Å². The largest absolute Gasteiger partial charge is 0.767 e. The Morgan fingerprint density at radius 1 is 1.00 bits per heavy atom. The van der Waals surface area contributed by atoms with Crippen molar-refractivity contribution in [3.05, 3.63) is 54.1 Å². The highest BCUT2D eigenvalue weighted by Gasteiger charge is 2.29. The zero-order valence-corrected chi connectivity index (χ0v) is 13.7. The summed E-state index contributed by atoms with van der Waals surface area (Å²) in [5, 5.41) is 5.60. The summed E-state index contributed by atoms with van der Waals surface area (Å²) in [5.74, 6) is 0. The molecule has 10 heteroatoms. The third-order valence-corrected chi connectivity index (χ3v) is 4.08. The van der Waals surface area contributed by atoms with Crippen LogP contribution in [0.4, 0.5) is 29.3 Å². The number of halogens is 3. The van der Waals surface area contributed by atoms with Crippen LogP contribution in [0.25, 0.3) is 10.9 Å². The lowest BCUT2D eigenvalue weighted by Gasteiger charge is -2.10. The molecule has 0 bridgehead atoms. The number of carbonyl (C=O) groups excluding carboxylic acids is 1. The van der Waals surface area contributed by atoms with Gasteiger partial charge in [0.2, 0.25) is 0 Å². The summed E-state index contributed by atoms with van der Waals surface area (Å²) < 4.78 is 59.4. The first-order valence-corrected chi connectivity index (χ1v) is 8.27. The summed E-state index contributed by atoms with van der Waals surface area (Å²) in [6.45, 7) is 0. The lowest BCUT2D eigenvalue weighted by molar-refractivity contribution is -0.137. The van der Waals surface area contributed by atoms with Gasteiger partial charge < -0.3 is 20.2 Å². The van der Waals surface area contributed by atoms with E-state index >= 15 is 0 Å². The van der Waals surface area contributed by atoms with Crippen LogP contribution in [0.5, 0.6) is 0 Å². The van der Waals surface area contributed by atoms with E-state index in [-0.39, 0.29) is 10.7 Å². The van der Waals surface area contributed by atoms with Crippen LogP contribution in [0.2, 0.25) is 0 Å². The maximum Gasteiger partial charge on any atom is 0.416 e. The van der Waals surface area contributed by atoms with E-state index < -0.39 is 28.9 Å². The zero-order chi connectivity index (χ0) is 18.9. The van der Waals surface area contributed by atoms with E-state index in [0.717, 1.165) is 24.3 Å². The minimum atomic E-state index is -4.45. The average Bonchev–Trinajstić information content (AvgIpc) is 2.98. The highest BCUT2D eigenvalue weighted by Crippen LogP contribution is 2.29. The summed E-state index contributed by atoms with van der Waals surface area (Å²) in [6, 6.07) is 9.55. The van der Waals surface area contributed by atoms with Gasteiger partial charge in [0, 0.05) is 22.3 Å². The Balaban J connectivity index is 1.69. The quantitative estimate of drug-likeness (QED) is 0.596. The highest BCUT2D eigenvalue weighted by atomic mass is 32.2. The average molecular weight is 382 g/mol. The topological polar surface area (TPSA) is 97.1 Å². The number of rotatable bonds is 3. The normalized spacial score (nSPS) is 12.8. The molecule has 1 aromatic heterocycles. The Morgan fingerprint density at radius 2 is 1.62 bits per heavy atom. The molecule has 0 fully saturated rings. The van der Waals surface area contributed by atoms with Crippen molar-refractivity contribution in [3.8, 4) is 0 Å². The van der Waals surface area contributed by atoms with Gasteiger partial charge in [-0.15, -0.1) is 0 Å². The molecule has 0 aliphatic rings. The summed E-state index contributed by atoms with van der Waals surface area (Å²) in [6.07, 6.45) is -4.45. The molecule has 3 rings (SSSR count). The minimum absolute atomic E-state index is 0.0198. The number of aromatic amines is 1. The van der Waals surface area contributed by atoms with Crippen molar-refractivity contribution in [1.82, 2.24) is 4.98 Å². The zero-order valence-electron chi connectivity index (χ0n) is 12.9. The highest BCUT2D eigenvalue weighted by molar-refractivity contribution is 7.79. The van der Waals surface area contributed by atoms with Gasteiger partial charge in [-0.1, -0.05) is 6.07 Å². The van der Waals surface area contributed by atoms with Crippen LogP contribution in [0.15, 0.2) is 53.6 Å². The van der Waals surface area contributed by atoms with Gasteiger partial charge in [0.25, 0.3) is 0 Å². The molecule has 2 aromatic carbocycles. The van der Waals surface area contributed by atoms with Crippen LogP contribution >= 0.6 is 0 Å². The number of hydrogen-bond donors (Lipinski definition) is 3. The molecule has 1 atom stereocenters. The van der Waals surface area contributed by atoms with Gasteiger partial charge in [0.05, 0.1) is 10.6 Å². The van der Waals surface area contributed by atoms with E-state index in [1.165, 1.54) is 12.1 Å². The fourth-order valence-electron chi connectivity index (χ4n) is 2.30.